The second-order valence-corrected chi connectivity index (χ2v) is 9.08. The van der Waals surface area contributed by atoms with Crippen molar-refractivity contribution in [1.29, 1.82) is 0 Å². The van der Waals surface area contributed by atoms with Crippen LogP contribution in [0.3, 0.4) is 0 Å². The fraction of sp³-hybridized carbons (Fsp3) is 0.381. The number of nitrogens with one attached hydrogen (secondary N) is 1. The van der Waals surface area contributed by atoms with Gasteiger partial charge in [0, 0.05) is 24.3 Å². The van der Waals surface area contributed by atoms with Crippen LogP contribution in [0.25, 0.3) is 0 Å². The summed E-state index contributed by atoms with van der Waals surface area (Å²) in [6, 6.07) is 10.5. The Balaban J connectivity index is 1.91. The maximum absolute atomic E-state index is 12.9. The normalized spacial score (nSPS) is 15.5. The van der Waals surface area contributed by atoms with Gasteiger partial charge in [-0.1, -0.05) is 24.6 Å². The van der Waals surface area contributed by atoms with Crippen molar-refractivity contribution in [2.45, 2.75) is 44.9 Å². The van der Waals surface area contributed by atoms with Gasteiger partial charge >= 0.3 is 0 Å². The fourth-order valence-corrected chi connectivity index (χ4v) is 4.88. The van der Waals surface area contributed by atoms with Gasteiger partial charge in [-0.25, -0.2) is 8.42 Å². The first-order valence-corrected chi connectivity index (χ1v) is 10.7. The second-order valence-electron chi connectivity index (χ2n) is 7.14. The van der Waals surface area contributed by atoms with Crippen molar-refractivity contribution in [3.05, 3.63) is 58.7 Å². The molecule has 3 rings (SSSR count). The van der Waals surface area contributed by atoms with E-state index in [0.29, 0.717) is 18.7 Å². The molecule has 0 radical (unpaired) electrons. The first kappa shape index (κ1) is 19.6. The zero-order valence-electron chi connectivity index (χ0n) is 16.1. The van der Waals surface area contributed by atoms with Crippen LogP contribution in [0.15, 0.2) is 41.3 Å². The summed E-state index contributed by atoms with van der Waals surface area (Å²) in [6.07, 6.45) is 2.82. The number of hydrogen-bond acceptors (Lipinski definition) is 3. The van der Waals surface area contributed by atoms with Gasteiger partial charge in [-0.3, -0.25) is 4.79 Å². The molecule has 5 nitrogen and oxygen atoms in total. The van der Waals surface area contributed by atoms with Crippen LogP contribution in [-0.2, 0) is 10.0 Å². The number of piperidine rings is 1. The van der Waals surface area contributed by atoms with Gasteiger partial charge < -0.3 is 5.32 Å². The van der Waals surface area contributed by atoms with E-state index in [1.165, 1.54) is 10.4 Å². The predicted molar refractivity (Wildman–Crippen MR) is 108 cm³/mol. The zero-order valence-corrected chi connectivity index (χ0v) is 16.9. The number of amides is 1. The van der Waals surface area contributed by atoms with Crippen molar-refractivity contribution in [3.8, 4) is 0 Å². The van der Waals surface area contributed by atoms with Crippen LogP contribution in [0.5, 0.6) is 0 Å². The highest BCUT2D eigenvalue weighted by molar-refractivity contribution is 7.89. The number of carbonyl (C=O) groups is 1. The number of anilines is 1. The minimum Gasteiger partial charge on any atom is -0.322 e. The first-order valence-electron chi connectivity index (χ1n) is 9.29. The Bertz CT molecular complexity index is 961. The van der Waals surface area contributed by atoms with Gasteiger partial charge in [-0.15, -0.1) is 0 Å². The van der Waals surface area contributed by atoms with Gasteiger partial charge in [-0.05, 0) is 68.5 Å². The van der Waals surface area contributed by atoms with Gasteiger partial charge in [0.05, 0.1) is 4.90 Å². The smallest absolute Gasteiger partial charge is 0.255 e. The Morgan fingerprint density at radius 3 is 2.37 bits per heavy atom. The van der Waals surface area contributed by atoms with Crippen molar-refractivity contribution >= 4 is 21.6 Å². The SMILES string of the molecule is Cc1ccc(S(=O)(=O)N2CCCCC2)cc1C(=O)Nc1cccc(C)c1C. The van der Waals surface area contributed by atoms with Gasteiger partial charge in [0.25, 0.3) is 5.91 Å². The lowest BCUT2D eigenvalue weighted by Gasteiger charge is -2.26. The van der Waals surface area contributed by atoms with E-state index in [2.05, 4.69) is 5.32 Å². The third-order valence-electron chi connectivity index (χ3n) is 5.26. The Morgan fingerprint density at radius 1 is 0.963 bits per heavy atom. The van der Waals surface area contributed by atoms with Crippen molar-refractivity contribution in [1.82, 2.24) is 4.31 Å². The second kappa shape index (κ2) is 7.82. The Hall–Kier alpha value is -2.18. The van der Waals surface area contributed by atoms with Crippen LogP contribution >= 0.6 is 0 Å². The lowest BCUT2D eigenvalue weighted by molar-refractivity contribution is 0.102. The van der Waals surface area contributed by atoms with Crippen molar-refractivity contribution in [2.75, 3.05) is 18.4 Å². The number of benzene rings is 2. The predicted octanol–water partition coefficient (Wildman–Crippen LogP) is 4.04. The van der Waals surface area contributed by atoms with Crippen LogP contribution < -0.4 is 5.32 Å². The Morgan fingerprint density at radius 2 is 1.67 bits per heavy atom. The van der Waals surface area contributed by atoms with Crippen molar-refractivity contribution in [3.63, 3.8) is 0 Å². The highest BCUT2D eigenvalue weighted by Gasteiger charge is 2.27. The molecular formula is C21H26N2O3S. The largest absolute Gasteiger partial charge is 0.322 e. The molecule has 1 N–H and O–H groups in total. The summed E-state index contributed by atoms with van der Waals surface area (Å²) in [6.45, 7) is 6.84. The number of nitrogens with zero attached hydrogens (tertiary/aromatic N) is 1. The molecule has 1 fully saturated rings. The Labute approximate surface area is 161 Å². The van der Waals surface area contributed by atoms with E-state index in [1.54, 1.807) is 12.1 Å². The fourth-order valence-electron chi connectivity index (χ4n) is 3.34. The summed E-state index contributed by atoms with van der Waals surface area (Å²) >= 11 is 0. The average molecular weight is 387 g/mol. The van der Waals surface area contributed by atoms with E-state index in [9.17, 15) is 13.2 Å². The number of aryl methyl sites for hydroxylation is 2. The number of sulfonamides is 1. The molecule has 27 heavy (non-hydrogen) atoms. The van der Waals surface area contributed by atoms with Crippen LogP contribution in [0.1, 0.15) is 46.3 Å². The summed E-state index contributed by atoms with van der Waals surface area (Å²) in [4.78, 5) is 13.0. The summed E-state index contributed by atoms with van der Waals surface area (Å²) < 4.78 is 27.4. The van der Waals surface area contributed by atoms with Gasteiger partial charge in [0.2, 0.25) is 10.0 Å². The molecular weight excluding hydrogens is 360 g/mol. The maximum Gasteiger partial charge on any atom is 0.255 e. The molecule has 0 atom stereocenters. The van der Waals surface area contributed by atoms with Crippen LogP contribution in [-0.4, -0.2) is 31.7 Å². The molecule has 0 bridgehead atoms. The standard InChI is InChI=1S/C21H26N2O3S/c1-15-8-7-9-20(17(15)3)22-21(24)19-14-18(11-10-16(19)2)27(25,26)23-12-5-4-6-13-23/h7-11,14H,4-6,12-13H2,1-3H3,(H,22,24). The topological polar surface area (TPSA) is 66.5 Å². The molecule has 1 aliphatic heterocycles. The summed E-state index contributed by atoms with van der Waals surface area (Å²) in [7, 11) is -3.57. The van der Waals surface area contributed by atoms with Crippen molar-refractivity contribution in [2.24, 2.45) is 0 Å². The third kappa shape index (κ3) is 4.06. The quantitative estimate of drug-likeness (QED) is 0.862. The molecule has 2 aromatic carbocycles. The van der Waals surface area contributed by atoms with Crippen LogP contribution in [0, 0.1) is 20.8 Å². The lowest BCUT2D eigenvalue weighted by Crippen LogP contribution is -2.35. The highest BCUT2D eigenvalue weighted by atomic mass is 32.2. The minimum atomic E-state index is -3.57. The van der Waals surface area contributed by atoms with Gasteiger partial charge in [0.15, 0.2) is 0 Å². The molecule has 1 saturated heterocycles. The molecule has 1 aliphatic rings. The molecule has 1 amide bonds. The van der Waals surface area contributed by atoms with Crippen LogP contribution in [0.4, 0.5) is 5.69 Å². The minimum absolute atomic E-state index is 0.182. The Kier molecular flexibility index (Phi) is 5.67. The van der Waals surface area contributed by atoms with E-state index in [0.717, 1.165) is 41.6 Å². The van der Waals surface area contributed by atoms with E-state index in [4.69, 9.17) is 0 Å². The number of hydrogen-bond donors (Lipinski definition) is 1. The van der Waals surface area contributed by atoms with E-state index in [-0.39, 0.29) is 10.8 Å². The molecule has 0 spiro atoms. The number of rotatable bonds is 4. The molecule has 0 unspecified atom stereocenters. The molecule has 144 valence electrons. The first-order chi connectivity index (χ1) is 12.8. The molecule has 2 aromatic rings. The van der Waals surface area contributed by atoms with Gasteiger partial charge in [0.1, 0.15) is 0 Å². The van der Waals surface area contributed by atoms with E-state index in [1.807, 2.05) is 39.0 Å². The highest BCUT2D eigenvalue weighted by Crippen LogP contribution is 2.24. The van der Waals surface area contributed by atoms with E-state index >= 15 is 0 Å². The summed E-state index contributed by atoms with van der Waals surface area (Å²) in [5.41, 5.74) is 3.96. The average Bonchev–Trinajstić information content (AvgIpc) is 2.66. The molecule has 0 saturated carbocycles. The van der Waals surface area contributed by atoms with Crippen LogP contribution in [0.2, 0.25) is 0 Å². The third-order valence-corrected chi connectivity index (χ3v) is 7.15. The summed E-state index contributed by atoms with van der Waals surface area (Å²) in [5.74, 6) is -0.295. The lowest BCUT2D eigenvalue weighted by atomic mass is 10.1. The number of carbonyl (C=O) groups excluding carboxylic acids is 1. The van der Waals surface area contributed by atoms with Gasteiger partial charge in [-0.2, -0.15) is 4.31 Å². The summed E-state index contributed by atoms with van der Waals surface area (Å²) in [5, 5.41) is 2.92. The maximum atomic E-state index is 12.9. The molecule has 0 aliphatic carbocycles. The molecule has 1 heterocycles. The van der Waals surface area contributed by atoms with Crippen molar-refractivity contribution < 1.29 is 13.2 Å². The monoisotopic (exact) mass is 386 g/mol. The van der Waals surface area contributed by atoms with E-state index < -0.39 is 10.0 Å². The molecule has 0 aromatic heterocycles. The zero-order chi connectivity index (χ0) is 19.6. The molecule has 6 heteroatoms.